The molecular weight excluding hydrogens is 288 g/mol. The molecule has 2 rings (SSSR count). The van der Waals surface area contributed by atoms with Gasteiger partial charge in [-0.15, -0.1) is 0 Å². The van der Waals surface area contributed by atoms with Gasteiger partial charge in [-0.05, 0) is 49.9 Å². The van der Waals surface area contributed by atoms with Crippen LogP contribution in [0.1, 0.15) is 30.4 Å². The van der Waals surface area contributed by atoms with Gasteiger partial charge in [-0.25, -0.2) is 0 Å². The first-order chi connectivity index (χ1) is 11.2. The molecule has 0 saturated carbocycles. The molecule has 0 aromatic carbocycles. The number of pyridine rings is 1. The molecule has 6 heteroatoms. The average molecular weight is 314 g/mol. The third-order valence-corrected chi connectivity index (χ3v) is 3.98. The van der Waals surface area contributed by atoms with Crippen LogP contribution < -0.4 is 16.4 Å². The summed E-state index contributed by atoms with van der Waals surface area (Å²) in [6.07, 6.45) is 9.94. The molecule has 0 bridgehead atoms. The largest absolute Gasteiger partial charge is 0.389 e. The van der Waals surface area contributed by atoms with Gasteiger partial charge in [0.1, 0.15) is 5.84 Å². The normalized spacial score (nSPS) is 18.9. The van der Waals surface area contributed by atoms with Crippen molar-refractivity contribution in [2.75, 3.05) is 19.6 Å². The maximum Gasteiger partial charge on any atom is 0.126 e. The minimum absolute atomic E-state index is 0.525. The molecule has 1 aliphatic heterocycles. The summed E-state index contributed by atoms with van der Waals surface area (Å²) in [4.78, 5) is 8.46. The Balaban J connectivity index is 1.81. The number of aryl methyl sites for hydroxylation is 1. The summed E-state index contributed by atoms with van der Waals surface area (Å²) < 4.78 is 0. The number of hydrogen-bond acceptors (Lipinski definition) is 5. The molecule has 1 aliphatic rings. The summed E-state index contributed by atoms with van der Waals surface area (Å²) in [5, 5.41) is 14.2. The van der Waals surface area contributed by atoms with Crippen LogP contribution >= 0.6 is 0 Å². The van der Waals surface area contributed by atoms with Gasteiger partial charge < -0.3 is 21.8 Å². The molecule has 0 spiro atoms. The Morgan fingerprint density at radius 1 is 1.61 bits per heavy atom. The second-order valence-electron chi connectivity index (χ2n) is 5.77. The molecule has 1 fully saturated rings. The maximum atomic E-state index is 7.49. The fraction of sp³-hybridized carbons (Fsp3) is 0.471. The van der Waals surface area contributed by atoms with Gasteiger partial charge in [0.2, 0.25) is 0 Å². The van der Waals surface area contributed by atoms with E-state index in [0.29, 0.717) is 24.8 Å². The Labute approximate surface area is 137 Å². The van der Waals surface area contributed by atoms with E-state index in [1.807, 2.05) is 19.2 Å². The number of nitrogens with two attached hydrogens (primary N) is 1. The van der Waals surface area contributed by atoms with Crippen LogP contribution in [0.3, 0.4) is 0 Å². The van der Waals surface area contributed by atoms with Crippen molar-refractivity contribution in [2.45, 2.75) is 32.2 Å². The highest BCUT2D eigenvalue weighted by Crippen LogP contribution is 2.06. The van der Waals surface area contributed by atoms with Gasteiger partial charge in [0.05, 0.1) is 0 Å². The second kappa shape index (κ2) is 9.05. The lowest BCUT2D eigenvalue weighted by Gasteiger charge is -2.10. The number of aliphatic imine (C=N–C) groups is 1. The van der Waals surface area contributed by atoms with Crippen LogP contribution in [0.15, 0.2) is 35.2 Å². The first-order valence-electron chi connectivity index (χ1n) is 8.08. The Bertz CT molecular complexity index is 572. The second-order valence-corrected chi connectivity index (χ2v) is 5.77. The number of hydrogen-bond donors (Lipinski definition) is 4. The first-order valence-corrected chi connectivity index (χ1v) is 8.08. The molecule has 124 valence electrons. The Kier molecular flexibility index (Phi) is 6.75. The standard InChI is InChI=1S/C17H26N6/c1-13-10-20-7-5-16(13)17(19)23-8-4-14(9-18)11-21-12-15-3-2-6-22-15/h5,7,9-11,15,18,21-22H,2-4,6,8,12H2,1H3,(H2,19,23)/b14-11-,18-9?. The molecule has 1 unspecified atom stereocenters. The monoisotopic (exact) mass is 314 g/mol. The lowest BCUT2D eigenvalue weighted by Crippen LogP contribution is -2.31. The van der Waals surface area contributed by atoms with Gasteiger partial charge in [0.25, 0.3) is 0 Å². The van der Waals surface area contributed by atoms with Gasteiger partial charge >= 0.3 is 0 Å². The summed E-state index contributed by atoms with van der Waals surface area (Å²) in [5.74, 6) is 0.525. The summed E-state index contributed by atoms with van der Waals surface area (Å²) in [5.41, 5.74) is 8.89. The molecule has 2 heterocycles. The zero-order chi connectivity index (χ0) is 16.5. The smallest absolute Gasteiger partial charge is 0.126 e. The van der Waals surface area contributed by atoms with Crippen molar-refractivity contribution in [1.82, 2.24) is 15.6 Å². The van der Waals surface area contributed by atoms with Crippen LogP contribution in [0.4, 0.5) is 0 Å². The molecule has 1 aromatic rings. The maximum absolute atomic E-state index is 7.49. The van der Waals surface area contributed by atoms with E-state index >= 15 is 0 Å². The predicted octanol–water partition coefficient (Wildman–Crippen LogP) is 1.36. The first kappa shape index (κ1) is 17.1. The number of rotatable bonds is 8. The fourth-order valence-corrected chi connectivity index (χ4v) is 2.60. The van der Waals surface area contributed by atoms with Crippen LogP contribution in [0.5, 0.6) is 0 Å². The quantitative estimate of drug-likeness (QED) is 0.430. The fourth-order valence-electron chi connectivity index (χ4n) is 2.60. The summed E-state index contributed by atoms with van der Waals surface area (Å²) in [6, 6.07) is 2.42. The third-order valence-electron chi connectivity index (χ3n) is 3.98. The van der Waals surface area contributed by atoms with E-state index in [0.717, 1.165) is 29.8 Å². The van der Waals surface area contributed by atoms with Crippen LogP contribution in [0.25, 0.3) is 0 Å². The topological polar surface area (TPSA) is 99.2 Å². The van der Waals surface area contributed by atoms with E-state index in [9.17, 15) is 0 Å². The van der Waals surface area contributed by atoms with Crippen LogP contribution in [0.2, 0.25) is 0 Å². The third kappa shape index (κ3) is 5.49. The molecule has 23 heavy (non-hydrogen) atoms. The molecule has 0 aliphatic carbocycles. The number of nitrogens with zero attached hydrogens (tertiary/aromatic N) is 2. The van der Waals surface area contributed by atoms with Crippen LogP contribution in [0, 0.1) is 12.3 Å². The molecule has 5 N–H and O–H groups in total. The number of aromatic nitrogens is 1. The van der Waals surface area contributed by atoms with Crippen molar-refractivity contribution in [3.8, 4) is 0 Å². The van der Waals surface area contributed by atoms with E-state index < -0.39 is 0 Å². The van der Waals surface area contributed by atoms with Crippen molar-refractivity contribution in [3.05, 3.63) is 41.4 Å². The highest BCUT2D eigenvalue weighted by molar-refractivity contribution is 5.98. The summed E-state index contributed by atoms with van der Waals surface area (Å²) in [7, 11) is 0. The number of nitrogens with one attached hydrogen (secondary N) is 3. The Morgan fingerprint density at radius 3 is 3.17 bits per heavy atom. The Hall–Kier alpha value is -2.21. The molecule has 6 nitrogen and oxygen atoms in total. The lowest BCUT2D eigenvalue weighted by molar-refractivity contribution is 0.578. The SMILES string of the molecule is Cc1cnccc1/C(N)=N\CC/C(C=N)=C/NCC1CCCN1. The van der Waals surface area contributed by atoms with E-state index in [1.165, 1.54) is 19.1 Å². The van der Waals surface area contributed by atoms with E-state index in [1.54, 1.807) is 12.4 Å². The van der Waals surface area contributed by atoms with Crippen molar-refractivity contribution in [1.29, 1.82) is 5.41 Å². The molecule has 0 radical (unpaired) electrons. The zero-order valence-corrected chi connectivity index (χ0v) is 13.7. The zero-order valence-electron chi connectivity index (χ0n) is 13.7. The number of amidine groups is 1. The van der Waals surface area contributed by atoms with Gasteiger partial charge in [-0.3, -0.25) is 9.98 Å². The molecule has 1 saturated heterocycles. The van der Waals surface area contributed by atoms with Crippen LogP contribution in [-0.4, -0.2) is 42.7 Å². The van der Waals surface area contributed by atoms with Crippen molar-refractivity contribution >= 4 is 12.1 Å². The lowest BCUT2D eigenvalue weighted by atomic mass is 10.1. The summed E-state index contributed by atoms with van der Waals surface area (Å²) in [6.45, 7) is 4.54. The van der Waals surface area contributed by atoms with Crippen molar-refractivity contribution in [2.24, 2.45) is 10.7 Å². The predicted molar refractivity (Wildman–Crippen MR) is 95.1 cm³/mol. The Morgan fingerprint density at radius 2 is 2.48 bits per heavy atom. The van der Waals surface area contributed by atoms with Gasteiger partial charge in [-0.2, -0.15) is 0 Å². The van der Waals surface area contributed by atoms with Gasteiger partial charge in [0.15, 0.2) is 0 Å². The summed E-state index contributed by atoms with van der Waals surface area (Å²) >= 11 is 0. The van der Waals surface area contributed by atoms with Crippen molar-refractivity contribution in [3.63, 3.8) is 0 Å². The van der Waals surface area contributed by atoms with E-state index in [2.05, 4.69) is 20.6 Å². The van der Waals surface area contributed by atoms with Crippen LogP contribution in [-0.2, 0) is 0 Å². The molecule has 0 amide bonds. The van der Waals surface area contributed by atoms with Gasteiger partial charge in [0, 0.05) is 49.5 Å². The highest BCUT2D eigenvalue weighted by Gasteiger charge is 2.12. The average Bonchev–Trinajstić information content (AvgIpc) is 3.07. The van der Waals surface area contributed by atoms with Crippen molar-refractivity contribution < 1.29 is 0 Å². The minimum Gasteiger partial charge on any atom is -0.389 e. The highest BCUT2D eigenvalue weighted by atomic mass is 15.0. The molecular formula is C17H26N6. The molecule has 1 aromatic heterocycles. The van der Waals surface area contributed by atoms with Gasteiger partial charge in [-0.1, -0.05) is 0 Å². The van der Waals surface area contributed by atoms with E-state index in [4.69, 9.17) is 11.1 Å². The van der Waals surface area contributed by atoms with E-state index in [-0.39, 0.29) is 0 Å². The minimum atomic E-state index is 0.525. The molecule has 1 atom stereocenters.